The van der Waals surface area contributed by atoms with Gasteiger partial charge in [0.2, 0.25) is 10.0 Å². The summed E-state index contributed by atoms with van der Waals surface area (Å²) >= 11 is 0. The molecule has 0 aliphatic heterocycles. The lowest BCUT2D eigenvalue weighted by Gasteiger charge is -2.18. The molecule has 0 fully saturated rings. The number of carboxylic acid groups (broad SMARTS) is 1. The van der Waals surface area contributed by atoms with Crippen LogP contribution < -0.4 is 4.72 Å². The van der Waals surface area contributed by atoms with Crippen LogP contribution in [0, 0.1) is 6.92 Å². The Morgan fingerprint density at radius 1 is 1.04 bits per heavy atom. The molecule has 0 aliphatic rings. The first-order valence-corrected chi connectivity index (χ1v) is 9.09. The molecule has 0 aromatic heterocycles. The second-order valence-electron chi connectivity index (χ2n) is 5.76. The summed E-state index contributed by atoms with van der Waals surface area (Å²) in [4.78, 5) is 22.4. The van der Waals surface area contributed by atoms with Gasteiger partial charge in [-0.15, -0.1) is 0 Å². The molecule has 0 saturated heterocycles. The van der Waals surface area contributed by atoms with Crippen molar-refractivity contribution in [2.45, 2.75) is 31.2 Å². The lowest BCUT2D eigenvalue weighted by molar-refractivity contribution is -0.137. The van der Waals surface area contributed by atoms with E-state index < -0.39 is 22.0 Å². The van der Waals surface area contributed by atoms with Gasteiger partial charge < -0.3 is 5.11 Å². The fourth-order valence-corrected chi connectivity index (χ4v) is 3.55. The van der Waals surface area contributed by atoms with Crippen LogP contribution >= 0.6 is 0 Å². The van der Waals surface area contributed by atoms with Gasteiger partial charge in [0.05, 0.1) is 17.4 Å². The van der Waals surface area contributed by atoms with Crippen molar-refractivity contribution in [3.8, 4) is 0 Å². The van der Waals surface area contributed by atoms with Crippen molar-refractivity contribution in [3.05, 3.63) is 65.2 Å². The van der Waals surface area contributed by atoms with Crippen molar-refractivity contribution >= 4 is 21.8 Å². The number of carbonyl (C=O) groups is 2. The Morgan fingerprint density at radius 2 is 1.60 bits per heavy atom. The number of nitrogens with one attached hydrogen (secondary N) is 1. The predicted molar refractivity (Wildman–Crippen MR) is 92.9 cm³/mol. The topological polar surface area (TPSA) is 101 Å². The normalized spacial score (nSPS) is 12.6. The van der Waals surface area contributed by atoms with E-state index in [1.165, 1.54) is 31.2 Å². The molecule has 0 aliphatic carbocycles. The Labute approximate surface area is 146 Å². The van der Waals surface area contributed by atoms with E-state index in [1.54, 1.807) is 24.3 Å². The maximum absolute atomic E-state index is 12.6. The molecule has 25 heavy (non-hydrogen) atoms. The smallest absolute Gasteiger partial charge is 0.305 e. The maximum Gasteiger partial charge on any atom is 0.305 e. The zero-order valence-electron chi connectivity index (χ0n) is 13.9. The van der Waals surface area contributed by atoms with Crippen molar-refractivity contribution in [2.24, 2.45) is 0 Å². The molecule has 0 spiro atoms. The average Bonchev–Trinajstić information content (AvgIpc) is 2.54. The third-order valence-corrected chi connectivity index (χ3v) is 5.21. The molecular formula is C18H19NO5S. The number of hydrogen-bond donors (Lipinski definition) is 2. The predicted octanol–water partition coefficient (Wildman–Crippen LogP) is 2.69. The number of ketones is 1. The second kappa shape index (κ2) is 7.58. The Morgan fingerprint density at radius 3 is 2.08 bits per heavy atom. The first-order chi connectivity index (χ1) is 11.7. The summed E-state index contributed by atoms with van der Waals surface area (Å²) < 4.78 is 27.5. The van der Waals surface area contributed by atoms with Crippen molar-refractivity contribution in [1.82, 2.24) is 4.72 Å². The van der Waals surface area contributed by atoms with Gasteiger partial charge in [-0.05, 0) is 31.5 Å². The number of aryl methyl sites for hydroxylation is 1. The Bertz CT molecular complexity index is 871. The highest BCUT2D eigenvalue weighted by Crippen LogP contribution is 2.21. The quantitative estimate of drug-likeness (QED) is 0.739. The van der Waals surface area contributed by atoms with Crippen molar-refractivity contribution in [3.63, 3.8) is 0 Å². The molecule has 0 heterocycles. The number of carboxylic acids is 1. The van der Waals surface area contributed by atoms with E-state index in [1.807, 2.05) is 6.92 Å². The zero-order chi connectivity index (χ0) is 18.6. The Hall–Kier alpha value is -2.51. The van der Waals surface area contributed by atoms with Crippen LogP contribution in [0.1, 0.15) is 40.9 Å². The molecule has 1 atom stereocenters. The SMILES string of the molecule is CC(=O)c1ccc(S(=O)(=O)N[C@@H](CC(=O)O)c2ccc(C)cc2)cc1. The van der Waals surface area contributed by atoms with Gasteiger partial charge in [-0.25, -0.2) is 13.1 Å². The van der Waals surface area contributed by atoms with Gasteiger partial charge in [0.1, 0.15) is 0 Å². The fraction of sp³-hybridized carbons (Fsp3) is 0.222. The first-order valence-electron chi connectivity index (χ1n) is 7.61. The highest BCUT2D eigenvalue weighted by Gasteiger charge is 2.23. The number of rotatable bonds is 7. The molecular weight excluding hydrogens is 342 g/mol. The molecule has 2 N–H and O–H groups in total. The Balaban J connectivity index is 2.31. The van der Waals surface area contributed by atoms with Gasteiger partial charge in [-0.1, -0.05) is 42.0 Å². The third kappa shape index (κ3) is 4.98. The summed E-state index contributed by atoms with van der Waals surface area (Å²) in [5, 5.41) is 9.09. The van der Waals surface area contributed by atoms with Gasteiger partial charge in [-0.3, -0.25) is 9.59 Å². The van der Waals surface area contributed by atoms with Gasteiger partial charge in [-0.2, -0.15) is 0 Å². The molecule has 132 valence electrons. The number of Topliss-reactive ketones (excluding diaryl/α,β-unsaturated/α-hetero) is 1. The van der Waals surface area contributed by atoms with E-state index in [2.05, 4.69) is 4.72 Å². The molecule has 0 amide bonds. The highest BCUT2D eigenvalue weighted by atomic mass is 32.2. The summed E-state index contributed by atoms with van der Waals surface area (Å²) in [6.07, 6.45) is -0.381. The molecule has 2 aromatic carbocycles. The van der Waals surface area contributed by atoms with Crippen LogP contribution in [-0.2, 0) is 14.8 Å². The van der Waals surface area contributed by atoms with Crippen LogP contribution in [0.4, 0.5) is 0 Å². The summed E-state index contributed by atoms with van der Waals surface area (Å²) in [7, 11) is -3.93. The number of aliphatic carboxylic acids is 1. The van der Waals surface area contributed by atoms with Gasteiger partial charge in [0.15, 0.2) is 5.78 Å². The molecule has 2 rings (SSSR count). The van der Waals surface area contributed by atoms with E-state index in [4.69, 9.17) is 5.11 Å². The molecule has 0 unspecified atom stereocenters. The standard InChI is InChI=1S/C18H19NO5S/c1-12-3-5-15(6-4-12)17(11-18(21)22)19-25(23,24)16-9-7-14(8-10-16)13(2)20/h3-10,17,19H,11H2,1-2H3,(H,21,22)/t17-/m0/s1. The van der Waals surface area contributed by atoms with Crippen LogP contribution in [0.25, 0.3) is 0 Å². The number of carbonyl (C=O) groups excluding carboxylic acids is 1. The summed E-state index contributed by atoms with van der Waals surface area (Å²) in [5.41, 5.74) is 1.96. The number of benzene rings is 2. The minimum atomic E-state index is -3.93. The lowest BCUT2D eigenvalue weighted by atomic mass is 10.0. The van der Waals surface area contributed by atoms with E-state index in [0.717, 1.165) is 5.56 Å². The molecule has 7 heteroatoms. The Kier molecular flexibility index (Phi) is 5.71. The lowest BCUT2D eigenvalue weighted by Crippen LogP contribution is -2.30. The first kappa shape index (κ1) is 18.8. The van der Waals surface area contributed by atoms with Crippen molar-refractivity contribution < 1.29 is 23.1 Å². The highest BCUT2D eigenvalue weighted by molar-refractivity contribution is 7.89. The summed E-state index contributed by atoms with van der Waals surface area (Å²) in [6.45, 7) is 3.28. The van der Waals surface area contributed by atoms with Crippen LogP contribution in [0.3, 0.4) is 0 Å². The second-order valence-corrected chi connectivity index (χ2v) is 7.48. The molecule has 0 saturated carbocycles. The van der Waals surface area contributed by atoms with Crippen LogP contribution in [0.15, 0.2) is 53.4 Å². The van der Waals surface area contributed by atoms with Gasteiger partial charge in [0, 0.05) is 5.56 Å². The number of sulfonamides is 1. The van der Waals surface area contributed by atoms with E-state index >= 15 is 0 Å². The monoisotopic (exact) mass is 361 g/mol. The van der Waals surface area contributed by atoms with Crippen LogP contribution in [0.5, 0.6) is 0 Å². The van der Waals surface area contributed by atoms with Crippen LogP contribution in [0.2, 0.25) is 0 Å². The molecule has 0 radical (unpaired) electrons. The fourth-order valence-electron chi connectivity index (χ4n) is 2.33. The zero-order valence-corrected chi connectivity index (χ0v) is 14.7. The van der Waals surface area contributed by atoms with Gasteiger partial charge in [0.25, 0.3) is 0 Å². The molecule has 2 aromatic rings. The minimum Gasteiger partial charge on any atom is -0.481 e. The summed E-state index contributed by atoms with van der Waals surface area (Å²) in [6, 6.07) is 11.6. The van der Waals surface area contributed by atoms with Crippen molar-refractivity contribution in [1.29, 1.82) is 0 Å². The van der Waals surface area contributed by atoms with Gasteiger partial charge >= 0.3 is 5.97 Å². The van der Waals surface area contributed by atoms with E-state index in [0.29, 0.717) is 11.1 Å². The number of hydrogen-bond acceptors (Lipinski definition) is 4. The largest absolute Gasteiger partial charge is 0.481 e. The maximum atomic E-state index is 12.6. The van der Waals surface area contributed by atoms with E-state index in [-0.39, 0.29) is 17.1 Å². The third-order valence-electron chi connectivity index (χ3n) is 3.73. The van der Waals surface area contributed by atoms with Crippen molar-refractivity contribution in [2.75, 3.05) is 0 Å². The molecule has 0 bridgehead atoms. The van der Waals surface area contributed by atoms with E-state index in [9.17, 15) is 18.0 Å². The molecule has 6 nitrogen and oxygen atoms in total. The van der Waals surface area contributed by atoms with Crippen LogP contribution in [-0.4, -0.2) is 25.3 Å². The minimum absolute atomic E-state index is 0.0278. The average molecular weight is 361 g/mol. The summed E-state index contributed by atoms with van der Waals surface area (Å²) in [5.74, 6) is -1.28.